The zero-order valence-electron chi connectivity index (χ0n) is 6.22. The first-order valence-electron chi connectivity index (χ1n) is 2.95. The Morgan fingerprint density at radius 1 is 1.60 bits per heavy atom. The maximum absolute atomic E-state index is 10.8. The summed E-state index contributed by atoms with van der Waals surface area (Å²) >= 11 is 3.88. The topological polar surface area (TPSA) is 44.4 Å². The summed E-state index contributed by atoms with van der Waals surface area (Å²) in [6, 6.07) is 0. The van der Waals surface area contributed by atoms with Crippen molar-refractivity contribution in [2.75, 3.05) is 26.5 Å². The molecular formula is C5H13N3OS. The van der Waals surface area contributed by atoms with Crippen LogP contribution in [0.5, 0.6) is 0 Å². The first-order valence-corrected chi connectivity index (χ1v) is 3.58. The number of hydrazine groups is 1. The van der Waals surface area contributed by atoms with E-state index in [0.29, 0.717) is 12.4 Å². The fraction of sp³-hybridized carbons (Fsp3) is 0.800. The van der Waals surface area contributed by atoms with E-state index in [2.05, 4.69) is 23.4 Å². The number of hydrogen-bond donors (Lipinski definition) is 3. The van der Waals surface area contributed by atoms with Gasteiger partial charge in [-0.3, -0.25) is 15.5 Å². The molecule has 0 heterocycles. The molecule has 2 N–H and O–H groups in total. The molecular weight excluding hydrogens is 150 g/mol. The number of nitrogens with zero attached hydrogens (tertiary/aromatic N) is 1. The third-order valence-electron chi connectivity index (χ3n) is 0.746. The van der Waals surface area contributed by atoms with E-state index in [1.54, 1.807) is 19.1 Å². The molecule has 0 saturated carbocycles. The number of carbonyl (C=O) groups excluding carboxylic acids is 1. The Kier molecular flexibility index (Phi) is 5.38. The molecule has 5 heteroatoms. The standard InChI is InChI=1S/C5H13N3OS/c1-8(2)7-5(9)3-6-4-10/h6,10H,3-4H2,1-2H3,(H,7,9). The van der Waals surface area contributed by atoms with E-state index in [9.17, 15) is 4.79 Å². The van der Waals surface area contributed by atoms with Crippen LogP contribution in [0.4, 0.5) is 0 Å². The van der Waals surface area contributed by atoms with Crippen LogP contribution in [-0.2, 0) is 4.79 Å². The van der Waals surface area contributed by atoms with Crippen LogP contribution in [-0.4, -0.2) is 37.4 Å². The molecule has 0 aromatic heterocycles. The molecule has 0 spiro atoms. The second-order valence-electron chi connectivity index (χ2n) is 2.01. The molecule has 0 aliphatic rings. The third-order valence-corrected chi connectivity index (χ3v) is 0.969. The van der Waals surface area contributed by atoms with Crippen molar-refractivity contribution in [2.24, 2.45) is 0 Å². The minimum Gasteiger partial charge on any atom is -0.300 e. The van der Waals surface area contributed by atoms with Crippen LogP contribution >= 0.6 is 12.6 Å². The molecule has 60 valence electrons. The molecule has 0 aliphatic carbocycles. The Morgan fingerprint density at radius 2 is 2.20 bits per heavy atom. The predicted octanol–water partition coefficient (Wildman–Crippen LogP) is -0.944. The van der Waals surface area contributed by atoms with Crippen LogP contribution in [0.25, 0.3) is 0 Å². The summed E-state index contributed by atoms with van der Waals surface area (Å²) in [6.07, 6.45) is 0. The molecule has 0 rings (SSSR count). The molecule has 0 atom stereocenters. The van der Waals surface area contributed by atoms with E-state index in [-0.39, 0.29) is 5.91 Å². The summed E-state index contributed by atoms with van der Waals surface area (Å²) < 4.78 is 0. The zero-order valence-corrected chi connectivity index (χ0v) is 7.11. The lowest BCUT2D eigenvalue weighted by atomic mass is 10.6. The Morgan fingerprint density at radius 3 is 2.60 bits per heavy atom. The van der Waals surface area contributed by atoms with E-state index >= 15 is 0 Å². The van der Waals surface area contributed by atoms with Gasteiger partial charge in [-0.05, 0) is 0 Å². The summed E-state index contributed by atoms with van der Waals surface area (Å²) in [7, 11) is 3.52. The molecule has 0 aromatic carbocycles. The highest BCUT2D eigenvalue weighted by Gasteiger charge is 1.98. The molecule has 0 aliphatic heterocycles. The number of thiol groups is 1. The van der Waals surface area contributed by atoms with Crippen LogP contribution in [0.15, 0.2) is 0 Å². The first kappa shape index (κ1) is 9.74. The van der Waals surface area contributed by atoms with Crippen LogP contribution in [0, 0.1) is 0 Å². The highest BCUT2D eigenvalue weighted by Crippen LogP contribution is 1.68. The van der Waals surface area contributed by atoms with E-state index in [0.717, 1.165) is 0 Å². The fourth-order valence-electron chi connectivity index (χ4n) is 0.458. The highest BCUT2D eigenvalue weighted by atomic mass is 32.1. The first-order chi connectivity index (χ1) is 4.66. The van der Waals surface area contributed by atoms with Gasteiger partial charge in [-0.1, -0.05) is 0 Å². The second kappa shape index (κ2) is 5.52. The van der Waals surface area contributed by atoms with Gasteiger partial charge in [0.1, 0.15) is 0 Å². The van der Waals surface area contributed by atoms with Crippen molar-refractivity contribution < 1.29 is 4.79 Å². The maximum Gasteiger partial charge on any atom is 0.248 e. The van der Waals surface area contributed by atoms with E-state index in [1.807, 2.05) is 0 Å². The molecule has 0 fully saturated rings. The van der Waals surface area contributed by atoms with Gasteiger partial charge >= 0.3 is 0 Å². The summed E-state index contributed by atoms with van der Waals surface area (Å²) in [5.41, 5.74) is 2.58. The second-order valence-corrected chi connectivity index (χ2v) is 2.33. The van der Waals surface area contributed by atoms with Crippen molar-refractivity contribution in [2.45, 2.75) is 0 Å². The minimum absolute atomic E-state index is 0.0564. The van der Waals surface area contributed by atoms with E-state index in [4.69, 9.17) is 0 Å². The van der Waals surface area contributed by atoms with Crippen molar-refractivity contribution in [3.05, 3.63) is 0 Å². The minimum atomic E-state index is -0.0564. The van der Waals surface area contributed by atoms with Gasteiger partial charge in [0.25, 0.3) is 0 Å². The summed E-state index contributed by atoms with van der Waals surface area (Å²) in [4.78, 5) is 10.8. The van der Waals surface area contributed by atoms with Crippen LogP contribution in [0.2, 0.25) is 0 Å². The highest BCUT2D eigenvalue weighted by molar-refractivity contribution is 7.80. The molecule has 0 radical (unpaired) electrons. The lowest BCUT2D eigenvalue weighted by molar-refractivity contribution is -0.123. The van der Waals surface area contributed by atoms with Gasteiger partial charge in [-0.25, -0.2) is 5.01 Å². The summed E-state index contributed by atoms with van der Waals surface area (Å²) in [6.45, 7) is 0.307. The van der Waals surface area contributed by atoms with E-state index < -0.39 is 0 Å². The van der Waals surface area contributed by atoms with Gasteiger partial charge in [-0.2, -0.15) is 12.6 Å². The van der Waals surface area contributed by atoms with Gasteiger partial charge in [-0.15, -0.1) is 0 Å². The summed E-state index contributed by atoms with van der Waals surface area (Å²) in [5.74, 6) is 0.458. The SMILES string of the molecule is CN(C)NC(=O)CNCS. The van der Waals surface area contributed by atoms with Crippen LogP contribution in [0.3, 0.4) is 0 Å². The predicted molar refractivity (Wildman–Crippen MR) is 43.7 cm³/mol. The average molecular weight is 163 g/mol. The van der Waals surface area contributed by atoms with Crippen molar-refractivity contribution in [1.82, 2.24) is 15.8 Å². The van der Waals surface area contributed by atoms with Gasteiger partial charge in [0.15, 0.2) is 0 Å². The number of amides is 1. The zero-order chi connectivity index (χ0) is 7.98. The van der Waals surface area contributed by atoms with Gasteiger partial charge in [0.2, 0.25) is 5.91 Å². The lowest BCUT2D eigenvalue weighted by Gasteiger charge is -2.11. The third kappa shape index (κ3) is 5.87. The van der Waals surface area contributed by atoms with Crippen molar-refractivity contribution in [3.8, 4) is 0 Å². The number of rotatable bonds is 4. The Labute approximate surface area is 66.3 Å². The van der Waals surface area contributed by atoms with Gasteiger partial charge in [0.05, 0.1) is 6.54 Å². The Bertz CT molecular complexity index is 107. The smallest absolute Gasteiger partial charge is 0.248 e. The quantitative estimate of drug-likeness (QED) is 0.285. The van der Waals surface area contributed by atoms with Crippen molar-refractivity contribution in [3.63, 3.8) is 0 Å². The number of nitrogens with one attached hydrogen (secondary N) is 2. The average Bonchev–Trinajstić information content (AvgIpc) is 1.82. The maximum atomic E-state index is 10.8. The molecule has 0 bridgehead atoms. The Hall–Kier alpha value is -0.260. The fourth-order valence-corrected chi connectivity index (χ4v) is 0.570. The molecule has 0 unspecified atom stereocenters. The van der Waals surface area contributed by atoms with Crippen LogP contribution in [0.1, 0.15) is 0 Å². The van der Waals surface area contributed by atoms with Crippen molar-refractivity contribution >= 4 is 18.5 Å². The summed E-state index contributed by atoms with van der Waals surface area (Å²) in [5, 5.41) is 4.38. The van der Waals surface area contributed by atoms with Crippen LogP contribution < -0.4 is 10.7 Å². The van der Waals surface area contributed by atoms with Gasteiger partial charge < -0.3 is 0 Å². The molecule has 4 nitrogen and oxygen atoms in total. The molecule has 1 amide bonds. The number of hydrogen-bond acceptors (Lipinski definition) is 4. The monoisotopic (exact) mass is 163 g/mol. The van der Waals surface area contributed by atoms with Gasteiger partial charge in [0, 0.05) is 20.0 Å². The Balaban J connectivity index is 3.26. The molecule has 0 saturated heterocycles. The largest absolute Gasteiger partial charge is 0.300 e. The number of carbonyl (C=O) groups is 1. The normalized spacial score (nSPS) is 10.0. The van der Waals surface area contributed by atoms with E-state index in [1.165, 1.54) is 0 Å². The molecule has 10 heavy (non-hydrogen) atoms. The molecule has 0 aromatic rings. The van der Waals surface area contributed by atoms with Crippen molar-refractivity contribution in [1.29, 1.82) is 0 Å². The lowest BCUT2D eigenvalue weighted by Crippen LogP contribution is -2.41.